The van der Waals surface area contributed by atoms with Crippen molar-refractivity contribution in [2.45, 2.75) is 12.8 Å². The molecule has 0 bridgehead atoms. The van der Waals surface area contributed by atoms with Crippen LogP contribution >= 0.6 is 0 Å². The van der Waals surface area contributed by atoms with E-state index in [4.69, 9.17) is 5.11 Å². The van der Waals surface area contributed by atoms with Crippen molar-refractivity contribution < 1.29 is 14.8 Å². The molecule has 19 heavy (non-hydrogen) atoms. The zero-order chi connectivity index (χ0) is 14.4. The molecule has 0 unspecified atom stereocenters. The number of nitro groups is 1. The fourth-order valence-corrected chi connectivity index (χ4v) is 1.69. The molecule has 0 amide bonds. The van der Waals surface area contributed by atoms with E-state index in [-0.39, 0.29) is 11.3 Å². The van der Waals surface area contributed by atoms with E-state index >= 15 is 0 Å². The highest BCUT2D eigenvalue weighted by Gasteiger charge is 2.20. The van der Waals surface area contributed by atoms with Crippen LogP contribution in [-0.4, -0.2) is 29.6 Å². The topological polar surface area (TPSA) is 83.7 Å². The lowest BCUT2D eigenvalue weighted by atomic mass is 10.1. The van der Waals surface area contributed by atoms with Gasteiger partial charge in [-0.3, -0.25) is 10.1 Å². The number of unbranched alkanes of at least 4 members (excludes halogenated alkanes) is 1. The molecule has 1 N–H and O–H groups in total. The summed E-state index contributed by atoms with van der Waals surface area (Å²) in [6.07, 6.45) is 3.55. The molecular weight excluding hydrogens is 248 g/mol. The van der Waals surface area contributed by atoms with Crippen molar-refractivity contribution in [2.75, 3.05) is 18.5 Å². The van der Waals surface area contributed by atoms with Gasteiger partial charge in [-0.2, -0.15) is 0 Å². The molecular formula is C13H16N2O4. The summed E-state index contributed by atoms with van der Waals surface area (Å²) in [4.78, 5) is 22.9. The second-order valence-corrected chi connectivity index (χ2v) is 4.12. The van der Waals surface area contributed by atoms with E-state index in [9.17, 15) is 14.9 Å². The van der Waals surface area contributed by atoms with Gasteiger partial charge in [0.15, 0.2) is 0 Å². The largest absolute Gasteiger partial charge is 0.477 e. The van der Waals surface area contributed by atoms with Gasteiger partial charge < -0.3 is 10.0 Å². The third-order valence-electron chi connectivity index (χ3n) is 2.75. The van der Waals surface area contributed by atoms with Gasteiger partial charge in [0.2, 0.25) is 0 Å². The molecule has 0 atom stereocenters. The average Bonchev–Trinajstić information content (AvgIpc) is 2.38. The quantitative estimate of drug-likeness (QED) is 0.354. The number of rotatable bonds is 7. The zero-order valence-corrected chi connectivity index (χ0v) is 10.7. The number of hydrogen-bond donors (Lipinski definition) is 1. The maximum Gasteiger partial charge on any atom is 0.342 e. The molecule has 0 spiro atoms. The van der Waals surface area contributed by atoms with Crippen LogP contribution in [0.2, 0.25) is 0 Å². The summed E-state index contributed by atoms with van der Waals surface area (Å²) in [6, 6.07) is 4.13. The minimum atomic E-state index is -1.30. The molecule has 1 rings (SSSR count). The van der Waals surface area contributed by atoms with Gasteiger partial charge in [-0.25, -0.2) is 4.79 Å². The first-order chi connectivity index (χ1) is 8.97. The molecule has 6 nitrogen and oxygen atoms in total. The molecule has 0 fully saturated rings. The molecule has 1 aromatic rings. The van der Waals surface area contributed by atoms with E-state index in [0.717, 1.165) is 19.4 Å². The third kappa shape index (κ3) is 3.80. The van der Waals surface area contributed by atoms with Crippen molar-refractivity contribution in [3.05, 3.63) is 46.5 Å². The Bertz CT molecular complexity index is 499. The first-order valence-corrected chi connectivity index (χ1v) is 5.81. The van der Waals surface area contributed by atoms with Crippen molar-refractivity contribution in [1.82, 2.24) is 0 Å². The Hall–Kier alpha value is -2.37. The molecule has 0 saturated carbocycles. The Kier molecular flexibility index (Phi) is 5.05. The smallest absolute Gasteiger partial charge is 0.342 e. The molecule has 6 heteroatoms. The maximum absolute atomic E-state index is 10.9. The van der Waals surface area contributed by atoms with Crippen LogP contribution in [0.15, 0.2) is 30.9 Å². The van der Waals surface area contributed by atoms with Crippen LogP contribution in [0, 0.1) is 10.1 Å². The van der Waals surface area contributed by atoms with Crippen molar-refractivity contribution >= 4 is 17.3 Å². The van der Waals surface area contributed by atoms with Crippen LogP contribution in [0.1, 0.15) is 23.2 Å². The monoisotopic (exact) mass is 264 g/mol. The third-order valence-corrected chi connectivity index (χ3v) is 2.75. The SMILES string of the molecule is C=CCCCN(C)c1ccc(C(=O)O)c([N+](=O)[O-])c1. The van der Waals surface area contributed by atoms with Gasteiger partial charge in [-0.1, -0.05) is 6.08 Å². The van der Waals surface area contributed by atoms with E-state index in [1.807, 2.05) is 18.0 Å². The van der Waals surface area contributed by atoms with Gasteiger partial charge in [-0.05, 0) is 25.0 Å². The summed E-state index contributed by atoms with van der Waals surface area (Å²) in [6.45, 7) is 4.34. The van der Waals surface area contributed by atoms with Gasteiger partial charge >= 0.3 is 5.97 Å². The van der Waals surface area contributed by atoms with Crippen molar-refractivity contribution in [1.29, 1.82) is 0 Å². The highest BCUT2D eigenvalue weighted by molar-refractivity contribution is 5.93. The number of hydrogen-bond acceptors (Lipinski definition) is 4. The summed E-state index contributed by atoms with van der Waals surface area (Å²) in [7, 11) is 1.81. The number of nitro benzene ring substituents is 1. The molecule has 0 aromatic heterocycles. The molecule has 0 aliphatic carbocycles. The Morgan fingerprint density at radius 1 is 1.58 bits per heavy atom. The lowest BCUT2D eigenvalue weighted by molar-refractivity contribution is -0.385. The first kappa shape index (κ1) is 14.7. The number of carboxylic acids is 1. The van der Waals surface area contributed by atoms with Gasteiger partial charge in [0.25, 0.3) is 5.69 Å². The average molecular weight is 264 g/mol. The van der Waals surface area contributed by atoms with Crippen LogP contribution in [0.4, 0.5) is 11.4 Å². The first-order valence-electron chi connectivity index (χ1n) is 5.81. The van der Waals surface area contributed by atoms with Crippen molar-refractivity contribution in [2.24, 2.45) is 0 Å². The number of aromatic carboxylic acids is 1. The number of carboxylic acid groups (broad SMARTS) is 1. The number of benzene rings is 1. The lowest BCUT2D eigenvalue weighted by Gasteiger charge is -2.18. The fourth-order valence-electron chi connectivity index (χ4n) is 1.69. The Morgan fingerprint density at radius 2 is 2.26 bits per heavy atom. The Labute approximate surface area is 111 Å². The molecule has 0 heterocycles. The molecule has 0 radical (unpaired) electrons. The molecule has 102 valence electrons. The zero-order valence-electron chi connectivity index (χ0n) is 10.7. The predicted molar refractivity (Wildman–Crippen MR) is 72.8 cm³/mol. The van der Waals surface area contributed by atoms with E-state index in [2.05, 4.69) is 6.58 Å². The van der Waals surface area contributed by atoms with Crippen molar-refractivity contribution in [3.8, 4) is 0 Å². The van der Waals surface area contributed by atoms with Gasteiger partial charge in [0.1, 0.15) is 5.56 Å². The van der Waals surface area contributed by atoms with Crippen LogP contribution in [0.5, 0.6) is 0 Å². The summed E-state index contributed by atoms with van der Waals surface area (Å²) < 4.78 is 0. The molecule has 0 saturated heterocycles. The second kappa shape index (κ2) is 6.53. The van der Waals surface area contributed by atoms with Gasteiger partial charge in [-0.15, -0.1) is 6.58 Å². The van der Waals surface area contributed by atoms with Gasteiger partial charge in [0, 0.05) is 25.3 Å². The fraction of sp³-hybridized carbons (Fsp3) is 0.308. The van der Waals surface area contributed by atoms with Crippen LogP contribution < -0.4 is 4.90 Å². The Balaban J connectivity index is 2.98. The molecule has 1 aromatic carbocycles. The standard InChI is InChI=1S/C13H16N2O4/c1-3-4-5-8-14(2)10-6-7-11(13(16)17)12(9-10)15(18)19/h3,6-7,9H,1,4-5,8H2,2H3,(H,16,17). The maximum atomic E-state index is 10.9. The number of allylic oxidation sites excluding steroid dienone is 1. The number of anilines is 1. The minimum absolute atomic E-state index is 0.298. The van der Waals surface area contributed by atoms with Crippen LogP contribution in [-0.2, 0) is 0 Å². The predicted octanol–water partition coefficient (Wildman–Crippen LogP) is 2.70. The summed E-state index contributed by atoms with van der Waals surface area (Å²) in [5, 5.41) is 19.8. The number of nitrogens with zero attached hydrogens (tertiary/aromatic N) is 2. The summed E-state index contributed by atoms with van der Waals surface area (Å²) >= 11 is 0. The minimum Gasteiger partial charge on any atom is -0.477 e. The molecule has 0 aliphatic rings. The van der Waals surface area contributed by atoms with Crippen LogP contribution in [0.25, 0.3) is 0 Å². The van der Waals surface area contributed by atoms with Crippen molar-refractivity contribution in [3.63, 3.8) is 0 Å². The van der Waals surface area contributed by atoms with Crippen LogP contribution in [0.3, 0.4) is 0 Å². The summed E-state index contributed by atoms with van der Waals surface area (Å²) in [5.41, 5.74) is -0.0606. The number of carbonyl (C=O) groups is 1. The van der Waals surface area contributed by atoms with Gasteiger partial charge in [0.05, 0.1) is 4.92 Å². The van der Waals surface area contributed by atoms with E-state index in [1.165, 1.54) is 12.1 Å². The second-order valence-electron chi connectivity index (χ2n) is 4.12. The molecule has 0 aliphatic heterocycles. The highest BCUT2D eigenvalue weighted by atomic mass is 16.6. The highest BCUT2D eigenvalue weighted by Crippen LogP contribution is 2.25. The van der Waals surface area contributed by atoms with E-state index in [1.54, 1.807) is 6.07 Å². The van der Waals surface area contributed by atoms with E-state index < -0.39 is 10.9 Å². The Morgan fingerprint density at radius 3 is 2.79 bits per heavy atom. The summed E-state index contributed by atoms with van der Waals surface area (Å²) in [5.74, 6) is -1.30. The normalized spacial score (nSPS) is 9.95. The van der Waals surface area contributed by atoms with E-state index in [0.29, 0.717) is 5.69 Å². The lowest BCUT2D eigenvalue weighted by Crippen LogP contribution is -2.18.